The Bertz CT molecular complexity index is 1070. The number of aryl methyl sites for hydroxylation is 1. The van der Waals surface area contributed by atoms with E-state index >= 15 is 0 Å². The number of nitrogens with zero attached hydrogens (tertiary/aromatic N) is 2. The molecule has 2 aliphatic rings. The zero-order chi connectivity index (χ0) is 29.2. The Balaban J connectivity index is 2.38. The molecule has 0 aliphatic carbocycles. The van der Waals surface area contributed by atoms with Crippen LogP contribution in [0, 0.1) is 6.85 Å². The lowest BCUT2D eigenvalue weighted by atomic mass is 9.86. The van der Waals surface area contributed by atoms with Gasteiger partial charge in [0.25, 0.3) is 0 Å². The number of hydrogen-bond donors (Lipinski definition) is 0. The molecule has 0 amide bonds. The monoisotopic (exact) mass is 337 g/mol. The van der Waals surface area contributed by atoms with Gasteiger partial charge in [-0.3, -0.25) is 0 Å². The van der Waals surface area contributed by atoms with Crippen molar-refractivity contribution in [1.29, 1.82) is 0 Å². The fourth-order valence-corrected chi connectivity index (χ4v) is 2.85. The molecular formula is C16H27BN2O2S. The van der Waals surface area contributed by atoms with E-state index < -0.39 is 74.5 Å². The molecule has 0 spiro atoms. The van der Waals surface area contributed by atoms with Crippen molar-refractivity contribution in [3.8, 4) is 0 Å². The molecule has 3 heterocycles. The molecule has 1 unspecified atom stereocenters. The summed E-state index contributed by atoms with van der Waals surface area (Å²) in [5, 5.41) is -0.852. The highest BCUT2D eigenvalue weighted by molar-refractivity contribution is 7.25. The van der Waals surface area contributed by atoms with Crippen molar-refractivity contribution in [1.82, 2.24) is 4.98 Å². The van der Waals surface area contributed by atoms with Gasteiger partial charge in [-0.15, -0.1) is 11.3 Å². The van der Waals surface area contributed by atoms with E-state index in [1.165, 1.54) is 0 Å². The van der Waals surface area contributed by atoms with Crippen LogP contribution in [0.1, 0.15) is 79.9 Å². The summed E-state index contributed by atoms with van der Waals surface area (Å²) in [6.07, 6.45) is -11.4. The van der Waals surface area contributed by atoms with Crippen LogP contribution in [0.3, 0.4) is 0 Å². The maximum absolute atomic E-state index is 8.73. The highest BCUT2D eigenvalue weighted by Crippen LogP contribution is 2.38. The number of hydrogen-bond acceptors (Lipinski definition) is 5. The Morgan fingerprint density at radius 2 is 2.09 bits per heavy atom. The Kier molecular flexibility index (Phi) is 1.51. The highest BCUT2D eigenvalue weighted by atomic mass is 32.1. The van der Waals surface area contributed by atoms with E-state index in [0.717, 1.165) is 0 Å². The van der Waals surface area contributed by atoms with Gasteiger partial charge in [0, 0.05) is 31.7 Å². The molecule has 1 aromatic rings. The molecule has 2 fully saturated rings. The van der Waals surface area contributed by atoms with Gasteiger partial charge in [-0.2, -0.15) is 0 Å². The van der Waals surface area contributed by atoms with Gasteiger partial charge in [-0.1, -0.05) is 0 Å². The summed E-state index contributed by atoms with van der Waals surface area (Å²) in [6, 6.07) is -3.78. The first-order valence-electron chi connectivity index (χ1n) is 14.2. The van der Waals surface area contributed by atoms with E-state index in [9.17, 15) is 0 Å². The fourth-order valence-electron chi connectivity index (χ4n) is 1.96. The van der Waals surface area contributed by atoms with Crippen LogP contribution >= 0.6 is 11.3 Å². The van der Waals surface area contributed by atoms with Crippen molar-refractivity contribution in [2.24, 2.45) is 0 Å². The van der Waals surface area contributed by atoms with Gasteiger partial charge in [0.1, 0.15) is 0 Å². The van der Waals surface area contributed by atoms with Crippen molar-refractivity contribution in [3.05, 3.63) is 5.69 Å². The highest BCUT2D eigenvalue weighted by Gasteiger charge is 2.53. The second kappa shape index (κ2) is 5.50. The van der Waals surface area contributed by atoms with E-state index in [2.05, 4.69) is 4.98 Å². The smallest absolute Gasteiger partial charge is 0.399 e. The lowest BCUT2D eigenvalue weighted by molar-refractivity contribution is 0.00578. The third-order valence-corrected chi connectivity index (χ3v) is 5.00. The first-order chi connectivity index (χ1) is 16.0. The van der Waals surface area contributed by atoms with E-state index in [1.54, 1.807) is 27.7 Å². The molecule has 0 saturated carbocycles. The van der Waals surface area contributed by atoms with E-state index in [1.807, 2.05) is 0 Å². The second-order valence-electron chi connectivity index (χ2n) is 5.97. The third kappa shape index (κ3) is 2.70. The SMILES string of the molecule is [2H]C([2H])([2H])c1nc(N2C([2H])([2H])C([2H])([2H])C([2H])([2H])C([2H])([2H])C2([2H])C([2H])([2H])[2H])sc1B1OC(C)(C)C(C)(C)O1. The Hall–Kier alpha value is -0.585. The third-order valence-electron chi connectivity index (χ3n) is 3.94. The number of aromatic nitrogens is 1. The lowest BCUT2D eigenvalue weighted by Crippen LogP contribution is -2.41. The molecule has 22 heavy (non-hydrogen) atoms. The van der Waals surface area contributed by atoms with Crippen molar-refractivity contribution < 1.29 is 29.9 Å². The van der Waals surface area contributed by atoms with Crippen LogP contribution in [-0.2, 0) is 9.31 Å². The van der Waals surface area contributed by atoms with Gasteiger partial charge >= 0.3 is 7.12 Å². The van der Waals surface area contributed by atoms with Crippen LogP contribution in [0.5, 0.6) is 0 Å². The first-order valence-corrected chi connectivity index (χ1v) is 7.51. The minimum absolute atomic E-state index is 0.0943. The van der Waals surface area contributed by atoms with Gasteiger partial charge in [-0.25, -0.2) is 4.98 Å². The summed E-state index contributed by atoms with van der Waals surface area (Å²) in [5.74, 6) is 0. The molecular weight excluding hydrogens is 295 g/mol. The number of piperidine rings is 1. The Morgan fingerprint density at radius 1 is 1.36 bits per heavy atom. The van der Waals surface area contributed by atoms with Crippen LogP contribution in [-0.4, -0.2) is 35.8 Å². The predicted octanol–water partition coefficient (Wildman–Crippen LogP) is 3.13. The fraction of sp³-hybridized carbons (Fsp3) is 0.812. The number of thiazole rings is 1. The van der Waals surface area contributed by atoms with E-state index in [-0.39, 0.29) is 9.68 Å². The molecule has 1 aromatic heterocycles. The zero-order valence-electron chi connectivity index (χ0n) is 27.7. The van der Waals surface area contributed by atoms with Gasteiger partial charge in [0.15, 0.2) is 5.13 Å². The van der Waals surface area contributed by atoms with Crippen LogP contribution in [0.2, 0.25) is 0 Å². The number of rotatable bonds is 2. The minimum Gasteiger partial charge on any atom is -0.399 e. The van der Waals surface area contributed by atoms with E-state index in [0.29, 0.717) is 11.3 Å². The molecule has 6 heteroatoms. The molecule has 0 aromatic carbocycles. The molecule has 4 nitrogen and oxygen atoms in total. The molecule has 3 rings (SSSR count). The Morgan fingerprint density at radius 3 is 2.73 bits per heavy atom. The van der Waals surface area contributed by atoms with Crippen LogP contribution in [0.15, 0.2) is 0 Å². The average molecular weight is 337 g/mol. The Labute approximate surface area is 159 Å². The van der Waals surface area contributed by atoms with Crippen LogP contribution in [0.4, 0.5) is 5.13 Å². The van der Waals surface area contributed by atoms with Crippen molar-refractivity contribution in [2.75, 3.05) is 11.4 Å². The number of anilines is 1. The summed E-state index contributed by atoms with van der Waals surface area (Å²) in [7, 11) is -1.37. The molecule has 122 valence electrons. The largest absolute Gasteiger partial charge is 0.507 e. The standard InChI is InChI=1S/C16H27BN2O2S/c1-11-9-7-8-10-19(11)14-18-12(2)13(22-14)17-20-15(3,4)16(5,6)21-17/h11H,7-10H2,1-6H3/i1D3,2D3,7D2,8D2,9D2,10D2,11D. The predicted molar refractivity (Wildman–Crippen MR) is 93.2 cm³/mol. The lowest BCUT2D eigenvalue weighted by Gasteiger charge is -2.33. The molecule has 0 N–H and O–H groups in total. The molecule has 0 radical (unpaired) electrons. The van der Waals surface area contributed by atoms with Crippen LogP contribution in [0.25, 0.3) is 0 Å². The van der Waals surface area contributed by atoms with Gasteiger partial charge < -0.3 is 14.2 Å². The second-order valence-corrected chi connectivity index (χ2v) is 6.98. The minimum atomic E-state index is -3.85. The zero-order valence-corrected chi connectivity index (χ0v) is 13.5. The topological polar surface area (TPSA) is 34.6 Å². The normalized spacial score (nSPS) is 51.2. The molecule has 1 atom stereocenters. The van der Waals surface area contributed by atoms with Crippen LogP contribution < -0.4 is 9.68 Å². The molecule has 2 saturated heterocycles. The summed E-state index contributed by atoms with van der Waals surface area (Å²) < 4.78 is 134. The first kappa shape index (κ1) is 6.05. The van der Waals surface area contributed by atoms with Crippen molar-refractivity contribution >= 4 is 28.4 Å². The van der Waals surface area contributed by atoms with E-state index in [4.69, 9.17) is 29.9 Å². The maximum atomic E-state index is 8.73. The van der Waals surface area contributed by atoms with Gasteiger partial charge in [0.2, 0.25) is 0 Å². The quantitative estimate of drug-likeness (QED) is 0.777. The summed E-state index contributed by atoms with van der Waals surface area (Å²) in [6.45, 7) is -3.69. The summed E-state index contributed by atoms with van der Waals surface area (Å²) in [4.78, 5) is 3.79. The summed E-state index contributed by atoms with van der Waals surface area (Å²) in [5.41, 5.74) is -2.59. The van der Waals surface area contributed by atoms with Crippen molar-refractivity contribution in [2.45, 2.75) is 77.7 Å². The average Bonchev–Trinajstić information content (AvgIpc) is 3.17. The van der Waals surface area contributed by atoms with Gasteiger partial charge in [0.05, 0.1) is 23.0 Å². The van der Waals surface area contributed by atoms with Crippen molar-refractivity contribution in [3.63, 3.8) is 0 Å². The molecule has 0 bridgehead atoms. The maximum Gasteiger partial charge on any atom is 0.507 e. The van der Waals surface area contributed by atoms with Gasteiger partial charge in [-0.05, 0) is 60.5 Å². The summed E-state index contributed by atoms with van der Waals surface area (Å²) >= 11 is 0.353. The molecule has 2 aliphatic heterocycles.